The van der Waals surface area contributed by atoms with Crippen molar-refractivity contribution in [3.63, 3.8) is 0 Å². The highest BCUT2D eigenvalue weighted by Crippen LogP contribution is 2.22. The molecule has 100 valence electrons. The molecule has 0 fully saturated rings. The summed E-state index contributed by atoms with van der Waals surface area (Å²) in [7, 11) is 0. The summed E-state index contributed by atoms with van der Waals surface area (Å²) in [4.78, 5) is 10.2. The molecule has 7 heteroatoms. The van der Waals surface area contributed by atoms with E-state index < -0.39 is 4.92 Å². The molecule has 0 aliphatic carbocycles. The molecule has 1 heterocycles. The maximum Gasteiger partial charge on any atom is 0.273 e. The summed E-state index contributed by atoms with van der Waals surface area (Å²) in [5.41, 5.74) is 6.65. The maximum absolute atomic E-state index is 10.7. The third-order valence-corrected chi connectivity index (χ3v) is 2.60. The largest absolute Gasteiger partial charge is 0.398 e. The first kappa shape index (κ1) is 12.9. The van der Waals surface area contributed by atoms with Crippen LogP contribution in [0.4, 0.5) is 17.1 Å². The minimum absolute atomic E-state index is 0.00502. The van der Waals surface area contributed by atoms with Gasteiger partial charge in [0.15, 0.2) is 0 Å². The first-order valence-electron chi connectivity index (χ1n) is 5.91. The fourth-order valence-corrected chi connectivity index (χ4v) is 1.75. The molecule has 0 saturated carbocycles. The van der Waals surface area contributed by atoms with Crippen molar-refractivity contribution in [2.45, 2.75) is 13.0 Å². The molecule has 1 aromatic carbocycles. The monoisotopic (exact) mass is 261 g/mol. The molecule has 7 nitrogen and oxygen atoms in total. The average molecular weight is 261 g/mol. The molecule has 0 saturated heterocycles. The van der Waals surface area contributed by atoms with Crippen LogP contribution in [-0.2, 0) is 6.54 Å². The third kappa shape index (κ3) is 3.70. The van der Waals surface area contributed by atoms with Gasteiger partial charge in [-0.3, -0.25) is 14.8 Å². The summed E-state index contributed by atoms with van der Waals surface area (Å²) in [6, 6.07) is 6.37. The van der Waals surface area contributed by atoms with Crippen LogP contribution in [0.5, 0.6) is 0 Å². The predicted octanol–water partition coefficient (Wildman–Crippen LogP) is 1.88. The first-order valence-corrected chi connectivity index (χ1v) is 5.91. The lowest BCUT2D eigenvalue weighted by Gasteiger charge is -2.07. The minimum Gasteiger partial charge on any atom is -0.398 e. The van der Waals surface area contributed by atoms with Crippen LogP contribution in [0, 0.1) is 10.1 Å². The number of nitrogens with two attached hydrogens (primary N) is 1. The van der Waals surface area contributed by atoms with Gasteiger partial charge in [-0.25, -0.2) is 0 Å². The van der Waals surface area contributed by atoms with E-state index in [9.17, 15) is 10.1 Å². The van der Waals surface area contributed by atoms with Crippen LogP contribution in [0.15, 0.2) is 36.7 Å². The van der Waals surface area contributed by atoms with Crippen LogP contribution in [0.2, 0.25) is 0 Å². The highest BCUT2D eigenvalue weighted by atomic mass is 16.6. The number of rotatable bonds is 6. The van der Waals surface area contributed by atoms with Gasteiger partial charge in [0.1, 0.15) is 0 Å². The summed E-state index contributed by atoms with van der Waals surface area (Å²) in [6.07, 6.45) is 4.49. The Morgan fingerprint density at radius 2 is 2.26 bits per heavy atom. The van der Waals surface area contributed by atoms with E-state index in [1.807, 2.05) is 16.9 Å². The summed E-state index contributed by atoms with van der Waals surface area (Å²) in [6.45, 7) is 1.49. The van der Waals surface area contributed by atoms with E-state index in [1.165, 1.54) is 12.1 Å². The molecule has 0 unspecified atom stereocenters. The molecule has 2 rings (SSSR count). The lowest BCUT2D eigenvalue weighted by molar-refractivity contribution is -0.384. The fourth-order valence-electron chi connectivity index (χ4n) is 1.75. The zero-order valence-electron chi connectivity index (χ0n) is 10.3. The van der Waals surface area contributed by atoms with Crippen molar-refractivity contribution >= 4 is 17.1 Å². The number of nitro benzene ring substituents is 1. The van der Waals surface area contributed by atoms with E-state index in [2.05, 4.69) is 10.4 Å². The Bertz CT molecular complexity index is 553. The minimum atomic E-state index is -0.453. The zero-order chi connectivity index (χ0) is 13.7. The Morgan fingerprint density at radius 1 is 1.42 bits per heavy atom. The van der Waals surface area contributed by atoms with E-state index in [-0.39, 0.29) is 5.69 Å². The Morgan fingerprint density at radius 3 is 2.95 bits per heavy atom. The van der Waals surface area contributed by atoms with Gasteiger partial charge in [-0.2, -0.15) is 5.10 Å². The van der Waals surface area contributed by atoms with E-state index >= 15 is 0 Å². The van der Waals surface area contributed by atoms with Gasteiger partial charge in [-0.1, -0.05) is 0 Å². The number of anilines is 2. The number of hydrogen-bond acceptors (Lipinski definition) is 5. The summed E-state index contributed by atoms with van der Waals surface area (Å²) in [5.74, 6) is 0. The number of non-ortho nitro benzene ring substituents is 1. The Balaban J connectivity index is 1.87. The highest BCUT2D eigenvalue weighted by Gasteiger charge is 2.07. The lowest BCUT2D eigenvalue weighted by atomic mass is 10.2. The predicted molar refractivity (Wildman–Crippen MR) is 72.8 cm³/mol. The molecule has 2 aromatic rings. The molecule has 0 radical (unpaired) electrons. The van der Waals surface area contributed by atoms with Crippen LogP contribution < -0.4 is 11.1 Å². The van der Waals surface area contributed by atoms with Gasteiger partial charge in [0.2, 0.25) is 0 Å². The standard InChI is InChI=1S/C12H15N5O2/c13-10-7-11(9-12(8-10)17(18)19)14-3-1-5-16-6-2-4-15-16/h2,4,6-9,14H,1,3,5,13H2. The van der Waals surface area contributed by atoms with Crippen LogP contribution in [0.3, 0.4) is 0 Å². The van der Waals surface area contributed by atoms with Gasteiger partial charge in [0, 0.05) is 49.0 Å². The molecule has 0 aliphatic heterocycles. The number of benzene rings is 1. The Hall–Kier alpha value is -2.57. The first-order chi connectivity index (χ1) is 9.15. The molecular weight excluding hydrogens is 246 g/mol. The SMILES string of the molecule is Nc1cc(NCCCn2cccn2)cc([N+](=O)[O-])c1. The third-order valence-electron chi connectivity index (χ3n) is 2.60. The Labute approximate surface area is 110 Å². The number of nitro groups is 1. The number of nitrogen functional groups attached to an aromatic ring is 1. The van der Waals surface area contributed by atoms with Gasteiger partial charge >= 0.3 is 0 Å². The van der Waals surface area contributed by atoms with Crippen molar-refractivity contribution in [3.05, 3.63) is 46.8 Å². The Kier molecular flexibility index (Phi) is 3.97. The van der Waals surface area contributed by atoms with E-state index in [1.54, 1.807) is 12.3 Å². The quantitative estimate of drug-likeness (QED) is 0.358. The highest BCUT2D eigenvalue weighted by molar-refractivity contribution is 5.61. The zero-order valence-corrected chi connectivity index (χ0v) is 10.3. The van der Waals surface area contributed by atoms with Gasteiger partial charge in [-0.05, 0) is 18.6 Å². The molecule has 0 aliphatic rings. The van der Waals surface area contributed by atoms with Crippen molar-refractivity contribution in [2.75, 3.05) is 17.6 Å². The van der Waals surface area contributed by atoms with Crippen LogP contribution in [-0.4, -0.2) is 21.2 Å². The number of nitrogens with zero attached hydrogens (tertiary/aromatic N) is 3. The topological polar surface area (TPSA) is 99.0 Å². The van der Waals surface area contributed by atoms with E-state index in [0.717, 1.165) is 13.0 Å². The van der Waals surface area contributed by atoms with Crippen molar-refractivity contribution in [1.82, 2.24) is 9.78 Å². The molecule has 1 aromatic heterocycles. The normalized spacial score (nSPS) is 10.3. The van der Waals surface area contributed by atoms with Crippen molar-refractivity contribution in [2.24, 2.45) is 0 Å². The molecule has 0 atom stereocenters. The van der Waals surface area contributed by atoms with Crippen molar-refractivity contribution in [1.29, 1.82) is 0 Å². The second-order valence-corrected chi connectivity index (χ2v) is 4.12. The molecular formula is C12H15N5O2. The van der Waals surface area contributed by atoms with Gasteiger partial charge in [0.25, 0.3) is 5.69 Å². The van der Waals surface area contributed by atoms with Gasteiger partial charge in [0.05, 0.1) is 4.92 Å². The molecule has 3 N–H and O–H groups in total. The van der Waals surface area contributed by atoms with Crippen LogP contribution in [0.25, 0.3) is 0 Å². The number of aromatic nitrogens is 2. The molecule has 0 amide bonds. The summed E-state index contributed by atoms with van der Waals surface area (Å²) in [5, 5.41) is 17.9. The summed E-state index contributed by atoms with van der Waals surface area (Å²) >= 11 is 0. The van der Waals surface area contributed by atoms with Gasteiger partial charge < -0.3 is 11.1 Å². The smallest absolute Gasteiger partial charge is 0.273 e. The van der Waals surface area contributed by atoms with E-state index in [0.29, 0.717) is 17.9 Å². The van der Waals surface area contributed by atoms with Crippen LogP contribution >= 0.6 is 0 Å². The maximum atomic E-state index is 10.7. The summed E-state index contributed by atoms with van der Waals surface area (Å²) < 4.78 is 1.84. The van der Waals surface area contributed by atoms with Crippen molar-refractivity contribution in [3.8, 4) is 0 Å². The molecule has 19 heavy (non-hydrogen) atoms. The van der Waals surface area contributed by atoms with Crippen LogP contribution in [0.1, 0.15) is 6.42 Å². The van der Waals surface area contributed by atoms with Crippen molar-refractivity contribution < 1.29 is 4.92 Å². The lowest BCUT2D eigenvalue weighted by Crippen LogP contribution is -2.07. The second kappa shape index (κ2) is 5.85. The molecule has 0 spiro atoms. The van der Waals surface area contributed by atoms with Gasteiger partial charge in [-0.15, -0.1) is 0 Å². The molecule has 0 bridgehead atoms. The number of nitrogens with one attached hydrogen (secondary N) is 1. The number of aryl methyl sites for hydroxylation is 1. The number of hydrogen-bond donors (Lipinski definition) is 2. The second-order valence-electron chi connectivity index (χ2n) is 4.12. The average Bonchev–Trinajstić information content (AvgIpc) is 2.87. The van der Waals surface area contributed by atoms with E-state index in [4.69, 9.17) is 5.73 Å². The fraction of sp³-hybridized carbons (Fsp3) is 0.250.